The molecule has 3 rings (SSSR count). The summed E-state index contributed by atoms with van der Waals surface area (Å²) in [6.07, 6.45) is 2.77. The van der Waals surface area contributed by atoms with Gasteiger partial charge >= 0.3 is 6.09 Å². The van der Waals surface area contributed by atoms with Crippen molar-refractivity contribution in [3.8, 4) is 11.3 Å². The molecule has 0 aromatic carbocycles. The average Bonchev–Trinajstić information content (AvgIpc) is 3.25. The number of aromatic nitrogens is 2. The molecule has 0 spiro atoms. The molecule has 142 valence electrons. The minimum absolute atomic E-state index is 0.245. The Bertz CT molecular complexity index is 1090. The Hall–Kier alpha value is -3.21. The highest BCUT2D eigenvalue weighted by Crippen LogP contribution is 2.32. The van der Waals surface area contributed by atoms with Crippen molar-refractivity contribution >= 4 is 16.1 Å². The van der Waals surface area contributed by atoms with Gasteiger partial charge in [0.1, 0.15) is 16.9 Å². The minimum atomic E-state index is -4.33. The fourth-order valence-electron chi connectivity index (χ4n) is 2.45. The van der Waals surface area contributed by atoms with Crippen molar-refractivity contribution < 1.29 is 31.5 Å². The fraction of sp³-hybridized carbons (Fsp3) is 0.125. The van der Waals surface area contributed by atoms with E-state index in [1.807, 2.05) is 0 Å². The van der Waals surface area contributed by atoms with Crippen LogP contribution in [0.3, 0.4) is 0 Å². The topological polar surface area (TPSA) is 106 Å². The Balaban J connectivity index is 2.26. The van der Waals surface area contributed by atoms with Crippen molar-refractivity contribution in [2.45, 2.75) is 11.4 Å². The molecule has 3 aromatic rings. The molecule has 0 aliphatic carbocycles. The van der Waals surface area contributed by atoms with E-state index >= 15 is 4.39 Å². The first-order valence-electron chi connectivity index (χ1n) is 7.46. The highest BCUT2D eigenvalue weighted by Gasteiger charge is 2.29. The molecule has 0 saturated heterocycles. The molecule has 3 heterocycles. The first-order chi connectivity index (χ1) is 12.7. The predicted octanol–water partition coefficient (Wildman–Crippen LogP) is 2.77. The zero-order valence-corrected chi connectivity index (χ0v) is 14.7. The molecule has 0 aliphatic rings. The van der Waals surface area contributed by atoms with Gasteiger partial charge in [0.2, 0.25) is 5.95 Å². The van der Waals surface area contributed by atoms with Gasteiger partial charge in [0, 0.05) is 25.0 Å². The van der Waals surface area contributed by atoms with Crippen molar-refractivity contribution in [2.24, 2.45) is 0 Å². The third-order valence-corrected chi connectivity index (χ3v) is 5.42. The monoisotopic (exact) mass is 397 g/mol. The lowest BCUT2D eigenvalue weighted by atomic mass is 10.2. The zero-order chi connectivity index (χ0) is 19.8. The van der Waals surface area contributed by atoms with E-state index in [0.717, 1.165) is 35.9 Å². The van der Waals surface area contributed by atoms with Crippen LogP contribution in [0.2, 0.25) is 0 Å². The molecule has 0 fully saturated rings. The quantitative estimate of drug-likeness (QED) is 0.664. The fourth-order valence-corrected chi connectivity index (χ4v) is 3.76. The molecule has 1 amide bonds. The van der Waals surface area contributed by atoms with E-state index in [2.05, 4.69) is 4.98 Å². The van der Waals surface area contributed by atoms with Crippen LogP contribution < -0.4 is 0 Å². The average molecular weight is 397 g/mol. The van der Waals surface area contributed by atoms with Gasteiger partial charge in [-0.05, 0) is 18.2 Å². The van der Waals surface area contributed by atoms with Crippen LogP contribution in [-0.2, 0) is 16.6 Å². The Morgan fingerprint density at radius 3 is 2.70 bits per heavy atom. The zero-order valence-electron chi connectivity index (χ0n) is 13.8. The van der Waals surface area contributed by atoms with Gasteiger partial charge in [-0.25, -0.2) is 26.6 Å². The summed E-state index contributed by atoms with van der Waals surface area (Å²) in [6, 6.07) is 3.65. The number of hydrogen-bond donors (Lipinski definition) is 1. The van der Waals surface area contributed by atoms with Gasteiger partial charge in [0.05, 0.1) is 18.4 Å². The van der Waals surface area contributed by atoms with E-state index in [9.17, 15) is 17.6 Å². The molecule has 3 aromatic heterocycles. The standard InChI is InChI=1S/C16H13F2N3O5S/c1-20(16(22)23)7-10-8-21(27(24,25)11-4-6-26-9-11)14(13(10)17)12-3-2-5-19-15(12)18/h2-6,8-9H,7H2,1H3,(H,22,23). The Morgan fingerprint density at radius 1 is 1.37 bits per heavy atom. The largest absolute Gasteiger partial charge is 0.471 e. The highest BCUT2D eigenvalue weighted by molar-refractivity contribution is 7.90. The van der Waals surface area contributed by atoms with Crippen LogP contribution in [0.5, 0.6) is 0 Å². The summed E-state index contributed by atoms with van der Waals surface area (Å²) in [4.78, 5) is 14.9. The number of furan rings is 1. The molecular formula is C16H13F2N3O5S. The van der Waals surface area contributed by atoms with Crippen molar-refractivity contribution in [1.29, 1.82) is 0 Å². The summed E-state index contributed by atoms with van der Waals surface area (Å²) in [6.45, 7) is -0.441. The van der Waals surface area contributed by atoms with Crippen LogP contribution in [0, 0.1) is 11.8 Å². The first kappa shape index (κ1) is 18.6. The third kappa shape index (κ3) is 3.28. The lowest BCUT2D eigenvalue weighted by molar-refractivity contribution is 0.153. The maximum absolute atomic E-state index is 15.0. The van der Waals surface area contributed by atoms with Crippen LogP contribution in [-0.4, -0.2) is 40.5 Å². The molecule has 0 aliphatic heterocycles. The van der Waals surface area contributed by atoms with Crippen LogP contribution in [0.15, 0.2) is 52.4 Å². The summed E-state index contributed by atoms with van der Waals surface area (Å²) in [5.41, 5.74) is -1.22. The van der Waals surface area contributed by atoms with E-state index < -0.39 is 40.1 Å². The van der Waals surface area contributed by atoms with Crippen LogP contribution in [0.4, 0.5) is 13.6 Å². The Morgan fingerprint density at radius 2 is 2.11 bits per heavy atom. The molecule has 27 heavy (non-hydrogen) atoms. The van der Waals surface area contributed by atoms with Gasteiger partial charge in [-0.15, -0.1) is 0 Å². The molecule has 0 atom stereocenters. The van der Waals surface area contributed by atoms with Crippen molar-refractivity contribution in [2.75, 3.05) is 7.05 Å². The van der Waals surface area contributed by atoms with E-state index in [-0.39, 0.29) is 16.0 Å². The van der Waals surface area contributed by atoms with Crippen LogP contribution in [0.1, 0.15) is 5.56 Å². The second-order valence-electron chi connectivity index (χ2n) is 5.56. The van der Waals surface area contributed by atoms with Gasteiger partial charge < -0.3 is 14.4 Å². The summed E-state index contributed by atoms with van der Waals surface area (Å²) < 4.78 is 60.2. The normalized spacial score (nSPS) is 11.5. The molecule has 0 radical (unpaired) electrons. The first-order valence-corrected chi connectivity index (χ1v) is 8.90. The van der Waals surface area contributed by atoms with Crippen LogP contribution in [0.25, 0.3) is 11.3 Å². The van der Waals surface area contributed by atoms with Gasteiger partial charge in [-0.1, -0.05) is 0 Å². The van der Waals surface area contributed by atoms with Crippen LogP contribution >= 0.6 is 0 Å². The van der Waals surface area contributed by atoms with E-state index in [1.54, 1.807) is 0 Å². The summed E-state index contributed by atoms with van der Waals surface area (Å²) >= 11 is 0. The van der Waals surface area contributed by atoms with Gasteiger partial charge in [0.25, 0.3) is 10.0 Å². The number of nitrogens with zero attached hydrogens (tertiary/aromatic N) is 3. The van der Waals surface area contributed by atoms with E-state index in [0.29, 0.717) is 3.97 Å². The molecule has 8 nitrogen and oxygen atoms in total. The predicted molar refractivity (Wildman–Crippen MR) is 88.4 cm³/mol. The van der Waals surface area contributed by atoms with Crippen molar-refractivity contribution in [1.82, 2.24) is 13.9 Å². The number of carboxylic acid groups (broad SMARTS) is 1. The summed E-state index contributed by atoms with van der Waals surface area (Å²) in [7, 11) is -3.14. The van der Waals surface area contributed by atoms with E-state index in [1.165, 1.54) is 19.2 Å². The second kappa shape index (κ2) is 6.83. The minimum Gasteiger partial charge on any atom is -0.471 e. The number of hydrogen-bond acceptors (Lipinski definition) is 5. The summed E-state index contributed by atoms with van der Waals surface area (Å²) in [5.74, 6) is -2.14. The number of pyridine rings is 1. The van der Waals surface area contributed by atoms with E-state index in [4.69, 9.17) is 9.52 Å². The third-order valence-electron chi connectivity index (χ3n) is 3.78. The molecule has 0 saturated carbocycles. The molecular weight excluding hydrogens is 384 g/mol. The van der Waals surface area contributed by atoms with Gasteiger partial charge in [-0.2, -0.15) is 4.39 Å². The van der Waals surface area contributed by atoms with Crippen molar-refractivity contribution in [3.05, 3.63) is 60.4 Å². The number of carbonyl (C=O) groups is 1. The maximum Gasteiger partial charge on any atom is 0.407 e. The second-order valence-corrected chi connectivity index (χ2v) is 7.37. The Labute approximate surface area is 152 Å². The van der Waals surface area contributed by atoms with Gasteiger partial charge in [-0.3, -0.25) is 0 Å². The maximum atomic E-state index is 15.0. The molecule has 0 bridgehead atoms. The molecule has 0 unspecified atom stereocenters. The lowest BCUT2D eigenvalue weighted by Crippen LogP contribution is -2.24. The van der Waals surface area contributed by atoms with Crippen molar-refractivity contribution in [3.63, 3.8) is 0 Å². The lowest BCUT2D eigenvalue weighted by Gasteiger charge is -2.11. The highest BCUT2D eigenvalue weighted by atomic mass is 32.2. The smallest absolute Gasteiger partial charge is 0.407 e. The Kier molecular flexibility index (Phi) is 4.70. The number of rotatable bonds is 5. The van der Waals surface area contributed by atoms with Gasteiger partial charge in [0.15, 0.2) is 5.82 Å². The molecule has 1 N–H and O–H groups in total. The number of halogens is 2. The SMILES string of the molecule is CN(Cc1cn(S(=O)(=O)c2ccoc2)c(-c2cccnc2F)c1F)C(=O)O. The summed E-state index contributed by atoms with van der Waals surface area (Å²) in [5, 5.41) is 8.98. The molecule has 11 heteroatoms. The number of amides is 1.